The maximum Gasteiger partial charge on any atom is 0.259 e. The minimum absolute atomic E-state index is 0.0755. The molecule has 0 radical (unpaired) electrons. The van der Waals surface area contributed by atoms with Crippen LogP contribution in [0.1, 0.15) is 22.8 Å². The predicted molar refractivity (Wildman–Crippen MR) is 78.4 cm³/mol. The number of aryl methyl sites for hydroxylation is 1. The van der Waals surface area contributed by atoms with Crippen LogP contribution in [0.15, 0.2) is 42.5 Å². The fraction of sp³-hybridized carbons (Fsp3) is 0.188. The Balaban J connectivity index is 2.18. The Morgan fingerprint density at radius 2 is 1.90 bits per heavy atom. The summed E-state index contributed by atoms with van der Waals surface area (Å²) in [5, 5.41) is 12.5. The van der Waals surface area contributed by atoms with Crippen molar-refractivity contribution in [2.24, 2.45) is 0 Å². The summed E-state index contributed by atoms with van der Waals surface area (Å²) in [7, 11) is 1.51. The molecular weight excluding hydrogens is 254 g/mol. The number of amides is 1. The lowest BCUT2D eigenvalue weighted by molar-refractivity contribution is 0.102. The van der Waals surface area contributed by atoms with Gasteiger partial charge in [-0.1, -0.05) is 19.1 Å². The van der Waals surface area contributed by atoms with Gasteiger partial charge in [0, 0.05) is 5.69 Å². The van der Waals surface area contributed by atoms with E-state index >= 15 is 0 Å². The number of benzene rings is 2. The first-order valence-electron chi connectivity index (χ1n) is 6.41. The Labute approximate surface area is 118 Å². The van der Waals surface area contributed by atoms with E-state index in [1.54, 1.807) is 6.07 Å². The molecule has 0 fully saturated rings. The van der Waals surface area contributed by atoms with E-state index in [4.69, 9.17) is 4.74 Å². The van der Waals surface area contributed by atoms with Gasteiger partial charge in [-0.05, 0) is 42.3 Å². The molecule has 4 nitrogen and oxygen atoms in total. The number of nitrogens with one attached hydrogen (secondary N) is 1. The zero-order valence-electron chi connectivity index (χ0n) is 11.5. The van der Waals surface area contributed by atoms with Crippen LogP contribution in [0, 0.1) is 0 Å². The number of hydrogen-bond donors (Lipinski definition) is 2. The van der Waals surface area contributed by atoms with Crippen LogP contribution < -0.4 is 10.1 Å². The second kappa shape index (κ2) is 6.10. The highest BCUT2D eigenvalue weighted by Gasteiger charge is 2.12. The minimum atomic E-state index is -0.370. The predicted octanol–water partition coefficient (Wildman–Crippen LogP) is 3.22. The first kappa shape index (κ1) is 13.9. The average Bonchev–Trinajstić information content (AvgIpc) is 2.48. The molecule has 0 aromatic heterocycles. The molecule has 0 bridgehead atoms. The number of methoxy groups -OCH3 is 1. The highest BCUT2D eigenvalue weighted by molar-refractivity contribution is 6.06. The van der Waals surface area contributed by atoms with Gasteiger partial charge in [-0.3, -0.25) is 4.79 Å². The molecule has 0 saturated heterocycles. The monoisotopic (exact) mass is 271 g/mol. The van der Waals surface area contributed by atoms with Crippen molar-refractivity contribution >= 4 is 11.6 Å². The third kappa shape index (κ3) is 3.09. The minimum Gasteiger partial charge on any atom is -0.507 e. The number of ether oxygens (including phenoxy) is 1. The first-order valence-corrected chi connectivity index (χ1v) is 6.41. The summed E-state index contributed by atoms with van der Waals surface area (Å²) in [6.07, 6.45) is 0.949. The molecule has 0 heterocycles. The summed E-state index contributed by atoms with van der Waals surface area (Å²) >= 11 is 0. The van der Waals surface area contributed by atoms with Gasteiger partial charge in [0.15, 0.2) is 0 Å². The highest BCUT2D eigenvalue weighted by Crippen LogP contribution is 2.24. The van der Waals surface area contributed by atoms with Crippen molar-refractivity contribution in [1.29, 1.82) is 0 Å². The number of phenols is 1. The van der Waals surface area contributed by atoms with Crippen LogP contribution in [0.5, 0.6) is 11.5 Å². The van der Waals surface area contributed by atoms with E-state index in [0.29, 0.717) is 11.4 Å². The molecule has 0 saturated carbocycles. The number of phenolic OH excluding ortho intramolecular Hbond substituents is 1. The van der Waals surface area contributed by atoms with Crippen molar-refractivity contribution in [2.75, 3.05) is 12.4 Å². The van der Waals surface area contributed by atoms with Gasteiger partial charge in [-0.2, -0.15) is 0 Å². The van der Waals surface area contributed by atoms with Crippen LogP contribution in [-0.2, 0) is 6.42 Å². The second-order valence-corrected chi connectivity index (χ2v) is 4.39. The van der Waals surface area contributed by atoms with Gasteiger partial charge >= 0.3 is 0 Å². The lowest BCUT2D eigenvalue weighted by Crippen LogP contribution is -2.12. The van der Waals surface area contributed by atoms with Crippen LogP contribution in [0.4, 0.5) is 5.69 Å². The summed E-state index contributed by atoms with van der Waals surface area (Å²) in [6, 6.07) is 12.1. The highest BCUT2D eigenvalue weighted by atomic mass is 16.5. The molecule has 0 spiro atoms. The van der Waals surface area contributed by atoms with Crippen molar-refractivity contribution in [3.8, 4) is 11.5 Å². The quantitative estimate of drug-likeness (QED) is 0.897. The fourth-order valence-electron chi connectivity index (χ4n) is 1.85. The van der Waals surface area contributed by atoms with E-state index in [1.165, 1.54) is 24.8 Å². The van der Waals surface area contributed by atoms with E-state index in [0.717, 1.165) is 6.42 Å². The molecule has 2 aromatic carbocycles. The molecule has 2 rings (SSSR count). The zero-order chi connectivity index (χ0) is 14.5. The van der Waals surface area contributed by atoms with E-state index in [2.05, 4.69) is 12.2 Å². The Morgan fingerprint density at radius 3 is 2.50 bits per heavy atom. The van der Waals surface area contributed by atoms with E-state index in [-0.39, 0.29) is 17.2 Å². The number of carbonyl (C=O) groups excluding carboxylic acids is 1. The maximum absolute atomic E-state index is 12.1. The standard InChI is InChI=1S/C16H17NO3/c1-3-11-4-6-12(7-5-11)17-16(19)14-10-13(20-2)8-9-15(14)18/h4-10,18H,3H2,1-2H3,(H,17,19). The summed E-state index contributed by atoms with van der Waals surface area (Å²) < 4.78 is 5.05. The lowest BCUT2D eigenvalue weighted by Gasteiger charge is -2.09. The van der Waals surface area contributed by atoms with Gasteiger partial charge in [0.2, 0.25) is 0 Å². The number of hydrogen-bond acceptors (Lipinski definition) is 3. The Kier molecular flexibility index (Phi) is 4.25. The van der Waals surface area contributed by atoms with Gasteiger partial charge in [0.1, 0.15) is 11.5 Å². The molecule has 20 heavy (non-hydrogen) atoms. The molecule has 0 aliphatic heterocycles. The third-order valence-corrected chi connectivity index (χ3v) is 3.07. The second-order valence-electron chi connectivity index (χ2n) is 4.39. The number of carbonyl (C=O) groups is 1. The van der Waals surface area contributed by atoms with Crippen LogP contribution in [0.25, 0.3) is 0 Å². The van der Waals surface area contributed by atoms with Crippen LogP contribution >= 0.6 is 0 Å². The Hall–Kier alpha value is -2.49. The Bertz CT molecular complexity index is 606. The summed E-state index contributed by atoms with van der Waals surface area (Å²) in [5.74, 6) is 0.0772. The van der Waals surface area contributed by atoms with E-state index < -0.39 is 0 Å². The van der Waals surface area contributed by atoms with Crippen molar-refractivity contribution in [1.82, 2.24) is 0 Å². The third-order valence-electron chi connectivity index (χ3n) is 3.07. The smallest absolute Gasteiger partial charge is 0.259 e. The maximum atomic E-state index is 12.1. The average molecular weight is 271 g/mol. The summed E-state index contributed by atoms with van der Waals surface area (Å²) in [4.78, 5) is 12.1. The van der Waals surface area contributed by atoms with Crippen molar-refractivity contribution in [2.45, 2.75) is 13.3 Å². The molecule has 4 heteroatoms. The SMILES string of the molecule is CCc1ccc(NC(=O)c2cc(OC)ccc2O)cc1. The molecule has 104 valence electrons. The first-order chi connectivity index (χ1) is 9.63. The van der Waals surface area contributed by atoms with Gasteiger partial charge in [-0.25, -0.2) is 0 Å². The lowest BCUT2D eigenvalue weighted by atomic mass is 10.1. The fourth-order valence-corrected chi connectivity index (χ4v) is 1.85. The van der Waals surface area contributed by atoms with Crippen LogP contribution in [0.3, 0.4) is 0 Å². The molecule has 0 unspecified atom stereocenters. The van der Waals surface area contributed by atoms with E-state index in [9.17, 15) is 9.90 Å². The number of aromatic hydroxyl groups is 1. The zero-order valence-corrected chi connectivity index (χ0v) is 11.5. The van der Waals surface area contributed by atoms with Crippen LogP contribution in [-0.4, -0.2) is 18.1 Å². The van der Waals surface area contributed by atoms with Gasteiger partial charge in [0.25, 0.3) is 5.91 Å². The van der Waals surface area contributed by atoms with Gasteiger partial charge in [0.05, 0.1) is 12.7 Å². The number of rotatable bonds is 4. The molecule has 1 amide bonds. The van der Waals surface area contributed by atoms with Gasteiger partial charge < -0.3 is 15.2 Å². The summed E-state index contributed by atoms with van der Waals surface area (Å²) in [5.41, 5.74) is 2.07. The molecule has 0 atom stereocenters. The van der Waals surface area contributed by atoms with Crippen molar-refractivity contribution in [3.63, 3.8) is 0 Å². The van der Waals surface area contributed by atoms with Crippen LogP contribution in [0.2, 0.25) is 0 Å². The van der Waals surface area contributed by atoms with Gasteiger partial charge in [-0.15, -0.1) is 0 Å². The topological polar surface area (TPSA) is 58.6 Å². The normalized spacial score (nSPS) is 10.1. The molecule has 0 aliphatic rings. The summed E-state index contributed by atoms with van der Waals surface area (Å²) in [6.45, 7) is 2.07. The molecule has 0 aliphatic carbocycles. The van der Waals surface area contributed by atoms with Crippen molar-refractivity contribution in [3.05, 3.63) is 53.6 Å². The van der Waals surface area contributed by atoms with Crippen molar-refractivity contribution < 1.29 is 14.6 Å². The largest absolute Gasteiger partial charge is 0.507 e. The van der Waals surface area contributed by atoms with E-state index in [1.807, 2.05) is 24.3 Å². The molecule has 2 N–H and O–H groups in total. The molecule has 2 aromatic rings. The Morgan fingerprint density at radius 1 is 1.20 bits per heavy atom. The molecular formula is C16H17NO3. The number of anilines is 1.